The molecule has 1 aromatic carbocycles. The number of rotatable bonds is 3. The summed E-state index contributed by atoms with van der Waals surface area (Å²) in [5.74, 6) is -0.600. The molecule has 0 saturated heterocycles. The number of halogens is 1. The number of amides is 1. The van der Waals surface area contributed by atoms with Crippen LogP contribution >= 0.6 is 0 Å². The summed E-state index contributed by atoms with van der Waals surface area (Å²) in [4.78, 5) is 16.9. The highest BCUT2D eigenvalue weighted by atomic mass is 19.1. The van der Waals surface area contributed by atoms with Gasteiger partial charge in [-0.05, 0) is 37.3 Å². The van der Waals surface area contributed by atoms with Crippen molar-refractivity contribution in [3.63, 3.8) is 0 Å². The van der Waals surface area contributed by atoms with Crippen molar-refractivity contribution in [3.05, 3.63) is 60.3 Å². The Hall–Kier alpha value is -3.29. The molecule has 25 heavy (non-hydrogen) atoms. The number of carbonyl (C=O) groups is 1. The predicted molar refractivity (Wildman–Crippen MR) is 90.8 cm³/mol. The van der Waals surface area contributed by atoms with E-state index in [0.717, 1.165) is 5.71 Å². The molecular weight excluding hydrogens is 323 g/mol. The van der Waals surface area contributed by atoms with Crippen molar-refractivity contribution in [2.75, 3.05) is 5.01 Å². The fraction of sp³-hybridized carbons (Fsp3) is 0.176. The largest absolute Gasteiger partial charge is 0.330 e. The van der Waals surface area contributed by atoms with E-state index in [2.05, 4.69) is 20.5 Å². The van der Waals surface area contributed by atoms with Crippen LogP contribution in [0.1, 0.15) is 23.7 Å². The summed E-state index contributed by atoms with van der Waals surface area (Å²) in [5.41, 5.74) is 2.47. The lowest BCUT2D eigenvalue weighted by atomic mass is 10.2. The Kier molecular flexibility index (Phi) is 3.64. The van der Waals surface area contributed by atoms with Crippen LogP contribution in [0.15, 0.2) is 54.0 Å². The van der Waals surface area contributed by atoms with Crippen molar-refractivity contribution in [3.8, 4) is 0 Å². The monoisotopic (exact) mass is 338 g/mol. The minimum Gasteiger partial charge on any atom is -0.330 e. The Labute approximate surface area is 142 Å². The van der Waals surface area contributed by atoms with Gasteiger partial charge in [0.15, 0.2) is 5.65 Å². The SMILES string of the molecule is CC1=NN(c2ccc(F)cc2)C(NC(=O)c2cnn3cccnc23)C1. The molecule has 0 bridgehead atoms. The number of nitrogens with zero attached hydrogens (tertiary/aromatic N) is 5. The molecule has 7 nitrogen and oxygen atoms in total. The van der Waals surface area contributed by atoms with Crippen molar-refractivity contribution in [2.45, 2.75) is 19.5 Å². The zero-order chi connectivity index (χ0) is 17.4. The number of anilines is 1. The topological polar surface area (TPSA) is 74.9 Å². The molecule has 0 aliphatic carbocycles. The van der Waals surface area contributed by atoms with Gasteiger partial charge < -0.3 is 5.32 Å². The molecule has 4 rings (SSSR count). The van der Waals surface area contributed by atoms with Gasteiger partial charge in [-0.15, -0.1) is 0 Å². The second-order valence-corrected chi connectivity index (χ2v) is 5.80. The lowest BCUT2D eigenvalue weighted by molar-refractivity contribution is 0.0940. The average Bonchev–Trinajstić information content (AvgIpc) is 3.19. The van der Waals surface area contributed by atoms with Crippen LogP contribution in [0.2, 0.25) is 0 Å². The van der Waals surface area contributed by atoms with Crippen LogP contribution in [0.3, 0.4) is 0 Å². The van der Waals surface area contributed by atoms with Crippen LogP contribution in [0, 0.1) is 5.82 Å². The first kappa shape index (κ1) is 15.3. The van der Waals surface area contributed by atoms with Gasteiger partial charge in [0.2, 0.25) is 0 Å². The molecule has 2 aromatic heterocycles. The molecular formula is C17H15FN6O. The lowest BCUT2D eigenvalue weighted by Crippen LogP contribution is -2.43. The van der Waals surface area contributed by atoms with E-state index in [0.29, 0.717) is 23.3 Å². The van der Waals surface area contributed by atoms with E-state index < -0.39 is 0 Å². The Balaban J connectivity index is 1.58. The number of hydrazone groups is 1. The molecule has 0 radical (unpaired) electrons. The number of aromatic nitrogens is 3. The fourth-order valence-corrected chi connectivity index (χ4v) is 2.82. The van der Waals surface area contributed by atoms with Crippen molar-refractivity contribution in [2.24, 2.45) is 5.10 Å². The standard InChI is InChI=1S/C17H15FN6O/c1-11-9-15(24(22-11)13-5-3-12(18)4-6-13)21-17(25)14-10-20-23-8-2-7-19-16(14)23/h2-8,10,15H,9H2,1H3,(H,21,25). The first-order valence-corrected chi connectivity index (χ1v) is 7.80. The maximum absolute atomic E-state index is 13.2. The number of hydrogen-bond acceptors (Lipinski definition) is 5. The molecule has 8 heteroatoms. The summed E-state index contributed by atoms with van der Waals surface area (Å²) < 4.78 is 14.7. The van der Waals surface area contributed by atoms with Gasteiger partial charge in [0.05, 0.1) is 11.9 Å². The third-order valence-corrected chi connectivity index (χ3v) is 3.98. The van der Waals surface area contributed by atoms with E-state index in [1.165, 1.54) is 18.3 Å². The maximum Gasteiger partial charge on any atom is 0.258 e. The average molecular weight is 338 g/mol. The van der Waals surface area contributed by atoms with Gasteiger partial charge in [-0.3, -0.25) is 4.79 Å². The number of carbonyl (C=O) groups excluding carboxylic acids is 1. The Morgan fingerprint density at radius 3 is 2.92 bits per heavy atom. The summed E-state index contributed by atoms with van der Waals surface area (Å²) in [6, 6.07) is 7.74. The van der Waals surface area contributed by atoms with Crippen LogP contribution in [0.4, 0.5) is 10.1 Å². The zero-order valence-corrected chi connectivity index (χ0v) is 13.4. The van der Waals surface area contributed by atoms with E-state index in [9.17, 15) is 9.18 Å². The normalized spacial score (nSPS) is 17.0. The summed E-state index contributed by atoms with van der Waals surface area (Å²) in [6.07, 6.45) is 5.06. The van der Waals surface area contributed by atoms with Crippen molar-refractivity contribution >= 4 is 23.0 Å². The molecule has 0 saturated carbocycles. The van der Waals surface area contributed by atoms with Gasteiger partial charge in [-0.1, -0.05) is 0 Å². The minimum absolute atomic E-state index is 0.282. The van der Waals surface area contributed by atoms with Gasteiger partial charge in [0, 0.05) is 24.5 Å². The molecule has 126 valence electrons. The third kappa shape index (κ3) is 2.82. The molecule has 1 atom stereocenters. The molecule has 0 fully saturated rings. The minimum atomic E-state index is -0.350. The molecule has 1 amide bonds. The van der Waals surface area contributed by atoms with Crippen LogP contribution < -0.4 is 10.3 Å². The van der Waals surface area contributed by atoms with Crippen LogP contribution in [-0.4, -0.2) is 32.4 Å². The second kappa shape index (κ2) is 5.97. The highest BCUT2D eigenvalue weighted by Crippen LogP contribution is 2.24. The van der Waals surface area contributed by atoms with Crippen molar-refractivity contribution in [1.82, 2.24) is 19.9 Å². The predicted octanol–water partition coefficient (Wildman–Crippen LogP) is 2.21. The highest BCUT2D eigenvalue weighted by molar-refractivity contribution is 6.00. The molecule has 0 spiro atoms. The van der Waals surface area contributed by atoms with E-state index in [1.807, 2.05) is 6.92 Å². The van der Waals surface area contributed by atoms with Gasteiger partial charge in [0.25, 0.3) is 5.91 Å². The van der Waals surface area contributed by atoms with Gasteiger partial charge in [-0.2, -0.15) is 10.2 Å². The van der Waals surface area contributed by atoms with E-state index >= 15 is 0 Å². The molecule has 1 unspecified atom stereocenters. The zero-order valence-electron chi connectivity index (χ0n) is 13.4. The molecule has 1 N–H and O–H groups in total. The van der Waals surface area contributed by atoms with E-state index in [-0.39, 0.29) is 17.9 Å². The Morgan fingerprint density at radius 1 is 1.32 bits per heavy atom. The number of fused-ring (bicyclic) bond motifs is 1. The maximum atomic E-state index is 13.2. The Morgan fingerprint density at radius 2 is 2.12 bits per heavy atom. The summed E-state index contributed by atoms with van der Waals surface area (Å²) in [6.45, 7) is 1.89. The van der Waals surface area contributed by atoms with Gasteiger partial charge >= 0.3 is 0 Å². The first-order chi connectivity index (χ1) is 12.1. The number of benzene rings is 1. The quantitative estimate of drug-likeness (QED) is 0.794. The van der Waals surface area contributed by atoms with Crippen LogP contribution in [0.25, 0.3) is 5.65 Å². The molecule has 1 aliphatic heterocycles. The molecule has 3 aromatic rings. The van der Waals surface area contributed by atoms with Gasteiger partial charge in [0.1, 0.15) is 17.5 Å². The van der Waals surface area contributed by atoms with Crippen molar-refractivity contribution in [1.29, 1.82) is 0 Å². The highest BCUT2D eigenvalue weighted by Gasteiger charge is 2.28. The number of hydrogen-bond donors (Lipinski definition) is 1. The summed E-state index contributed by atoms with van der Waals surface area (Å²) >= 11 is 0. The fourth-order valence-electron chi connectivity index (χ4n) is 2.82. The number of nitrogens with one attached hydrogen (secondary N) is 1. The van der Waals surface area contributed by atoms with Crippen LogP contribution in [0.5, 0.6) is 0 Å². The third-order valence-electron chi connectivity index (χ3n) is 3.98. The second-order valence-electron chi connectivity index (χ2n) is 5.80. The molecule has 1 aliphatic rings. The Bertz CT molecular complexity index is 965. The van der Waals surface area contributed by atoms with Crippen molar-refractivity contribution < 1.29 is 9.18 Å². The summed E-state index contributed by atoms with van der Waals surface area (Å²) in [7, 11) is 0. The lowest BCUT2D eigenvalue weighted by Gasteiger charge is -2.24. The smallest absolute Gasteiger partial charge is 0.258 e. The molecule has 3 heterocycles. The van der Waals surface area contributed by atoms with E-state index in [1.54, 1.807) is 40.1 Å². The van der Waals surface area contributed by atoms with Crippen LogP contribution in [-0.2, 0) is 0 Å². The summed E-state index contributed by atoms with van der Waals surface area (Å²) in [5, 5.41) is 13.2. The van der Waals surface area contributed by atoms with E-state index in [4.69, 9.17) is 0 Å². The van der Waals surface area contributed by atoms with Gasteiger partial charge in [-0.25, -0.2) is 18.9 Å². The first-order valence-electron chi connectivity index (χ1n) is 7.80.